The highest BCUT2D eigenvalue weighted by molar-refractivity contribution is 7.91. The van der Waals surface area contributed by atoms with Crippen molar-refractivity contribution in [3.05, 3.63) is 84.2 Å². The first-order valence-electron chi connectivity index (χ1n) is 10.7. The molecule has 4 aromatic rings. The van der Waals surface area contributed by atoms with E-state index in [1.165, 1.54) is 24.4 Å². The van der Waals surface area contributed by atoms with Crippen LogP contribution in [0.15, 0.2) is 77.0 Å². The molecular weight excluding hydrogens is 459 g/mol. The number of rotatable bonds is 9. The van der Waals surface area contributed by atoms with Crippen molar-refractivity contribution >= 4 is 21.5 Å². The van der Waals surface area contributed by atoms with Crippen molar-refractivity contribution in [1.82, 2.24) is 19.7 Å². The van der Waals surface area contributed by atoms with E-state index in [9.17, 15) is 17.6 Å². The Hall–Kier alpha value is -3.79. The SMILES string of the molecule is CCCCOc1cc(F)ccc1S(=O)(=O)c1ccc(CNC(=O)c2cnc3nccn3c2)cc1. The first kappa shape index (κ1) is 23.4. The lowest BCUT2D eigenvalue weighted by Gasteiger charge is -2.13. The Bertz CT molecular complexity index is 1420. The van der Waals surface area contributed by atoms with E-state index in [-0.39, 0.29) is 28.0 Å². The van der Waals surface area contributed by atoms with Gasteiger partial charge in [0.05, 0.1) is 17.1 Å². The highest BCUT2D eigenvalue weighted by Gasteiger charge is 2.23. The molecule has 34 heavy (non-hydrogen) atoms. The second-order valence-corrected chi connectivity index (χ2v) is 9.52. The van der Waals surface area contributed by atoms with E-state index in [2.05, 4.69) is 15.3 Å². The van der Waals surface area contributed by atoms with E-state index in [1.807, 2.05) is 6.92 Å². The zero-order valence-corrected chi connectivity index (χ0v) is 19.3. The van der Waals surface area contributed by atoms with Gasteiger partial charge in [0.2, 0.25) is 15.6 Å². The van der Waals surface area contributed by atoms with Gasteiger partial charge in [0.25, 0.3) is 5.91 Å². The molecule has 0 saturated heterocycles. The van der Waals surface area contributed by atoms with Crippen LogP contribution in [-0.2, 0) is 16.4 Å². The largest absolute Gasteiger partial charge is 0.492 e. The molecule has 0 saturated carbocycles. The van der Waals surface area contributed by atoms with Gasteiger partial charge in [-0.1, -0.05) is 25.5 Å². The van der Waals surface area contributed by atoms with Crippen LogP contribution in [-0.4, -0.2) is 35.3 Å². The van der Waals surface area contributed by atoms with Crippen molar-refractivity contribution in [3.63, 3.8) is 0 Å². The van der Waals surface area contributed by atoms with Gasteiger partial charge in [-0.2, -0.15) is 0 Å². The second kappa shape index (κ2) is 10.0. The minimum absolute atomic E-state index is 0.00624. The minimum atomic E-state index is -3.93. The lowest BCUT2D eigenvalue weighted by atomic mass is 10.2. The monoisotopic (exact) mass is 482 g/mol. The van der Waals surface area contributed by atoms with Gasteiger partial charge >= 0.3 is 0 Å². The van der Waals surface area contributed by atoms with Gasteiger partial charge < -0.3 is 10.1 Å². The van der Waals surface area contributed by atoms with E-state index < -0.39 is 15.7 Å². The molecule has 0 fully saturated rings. The third-order valence-corrected chi connectivity index (χ3v) is 6.95. The van der Waals surface area contributed by atoms with Gasteiger partial charge in [-0.3, -0.25) is 9.20 Å². The number of amides is 1. The first-order chi connectivity index (χ1) is 16.4. The van der Waals surface area contributed by atoms with Gasteiger partial charge in [0.1, 0.15) is 16.5 Å². The summed E-state index contributed by atoms with van der Waals surface area (Å²) in [6.07, 6.45) is 7.94. The van der Waals surface area contributed by atoms with Crippen molar-refractivity contribution < 1.29 is 22.3 Å². The fourth-order valence-electron chi connectivity index (χ4n) is 3.27. The summed E-state index contributed by atoms with van der Waals surface area (Å²) < 4.78 is 47.2. The van der Waals surface area contributed by atoms with E-state index in [0.29, 0.717) is 23.5 Å². The molecule has 176 valence electrons. The quantitative estimate of drug-likeness (QED) is 0.288. The highest BCUT2D eigenvalue weighted by Crippen LogP contribution is 2.30. The summed E-state index contributed by atoms with van der Waals surface area (Å²) in [5, 5.41) is 2.78. The molecule has 8 nitrogen and oxygen atoms in total. The van der Waals surface area contributed by atoms with Gasteiger partial charge in [0, 0.05) is 37.4 Å². The normalized spacial score (nSPS) is 11.5. The van der Waals surface area contributed by atoms with Crippen molar-refractivity contribution in [2.45, 2.75) is 36.1 Å². The van der Waals surface area contributed by atoms with Gasteiger partial charge in [0.15, 0.2) is 0 Å². The van der Waals surface area contributed by atoms with Gasteiger partial charge in [-0.15, -0.1) is 0 Å². The van der Waals surface area contributed by atoms with E-state index in [0.717, 1.165) is 25.0 Å². The molecule has 0 atom stereocenters. The van der Waals surface area contributed by atoms with Gasteiger partial charge in [-0.05, 0) is 36.2 Å². The molecule has 0 spiro atoms. The number of hydrogen-bond donors (Lipinski definition) is 1. The van der Waals surface area contributed by atoms with Crippen LogP contribution in [0.1, 0.15) is 35.7 Å². The molecule has 0 bridgehead atoms. The molecule has 2 heterocycles. The molecule has 1 N–H and O–H groups in total. The predicted molar refractivity (Wildman–Crippen MR) is 123 cm³/mol. The van der Waals surface area contributed by atoms with Crippen molar-refractivity contribution in [3.8, 4) is 5.75 Å². The lowest BCUT2D eigenvalue weighted by molar-refractivity contribution is 0.0950. The number of imidazole rings is 1. The Morgan fingerprint density at radius 1 is 1.15 bits per heavy atom. The number of hydrogen-bond acceptors (Lipinski definition) is 6. The summed E-state index contributed by atoms with van der Waals surface area (Å²) in [4.78, 5) is 20.5. The Balaban J connectivity index is 1.47. The maximum Gasteiger partial charge on any atom is 0.254 e. The molecule has 10 heteroatoms. The number of carbonyl (C=O) groups excluding carboxylic acids is 1. The maximum atomic E-state index is 13.7. The van der Waals surface area contributed by atoms with Crippen LogP contribution >= 0.6 is 0 Å². The van der Waals surface area contributed by atoms with E-state index >= 15 is 0 Å². The summed E-state index contributed by atoms with van der Waals surface area (Å²) in [6, 6.07) is 9.54. The summed E-state index contributed by atoms with van der Waals surface area (Å²) >= 11 is 0. The molecule has 4 rings (SSSR count). The number of halogens is 1. The molecule has 0 aliphatic carbocycles. The summed E-state index contributed by atoms with van der Waals surface area (Å²) in [7, 11) is -3.93. The summed E-state index contributed by atoms with van der Waals surface area (Å²) in [6.45, 7) is 2.47. The Labute approximate surface area is 196 Å². The molecule has 0 radical (unpaired) electrons. The van der Waals surface area contributed by atoms with Crippen molar-refractivity contribution in [2.75, 3.05) is 6.61 Å². The summed E-state index contributed by atoms with van der Waals surface area (Å²) in [5.74, 6) is -0.402. The van der Waals surface area contributed by atoms with Crippen LogP contribution in [0.5, 0.6) is 5.75 Å². The number of nitrogens with one attached hydrogen (secondary N) is 1. The number of carbonyl (C=O) groups is 1. The average molecular weight is 483 g/mol. The van der Waals surface area contributed by atoms with E-state index in [4.69, 9.17) is 4.74 Å². The van der Waals surface area contributed by atoms with Crippen LogP contribution in [0, 0.1) is 5.82 Å². The molecule has 2 aromatic heterocycles. The molecule has 0 aliphatic heterocycles. The number of unbranched alkanes of at least 4 members (excludes halogenated alkanes) is 1. The third kappa shape index (κ3) is 5.07. The van der Waals surface area contributed by atoms with Crippen LogP contribution in [0.4, 0.5) is 4.39 Å². The maximum absolute atomic E-state index is 13.7. The van der Waals surface area contributed by atoms with E-state index in [1.54, 1.807) is 35.1 Å². The predicted octanol–water partition coefficient (Wildman–Crippen LogP) is 3.81. The standard InChI is InChI=1S/C24H23FN4O4S/c1-2-3-12-33-21-13-19(25)6-9-22(21)34(31,32)20-7-4-17(5-8-20)14-27-23(30)18-15-28-24-26-10-11-29(24)16-18/h4-11,13,15-16H,2-3,12,14H2,1H3,(H,27,30). The number of aromatic nitrogens is 3. The fraction of sp³-hybridized carbons (Fsp3) is 0.208. The topological polar surface area (TPSA) is 103 Å². The van der Waals surface area contributed by atoms with Crippen LogP contribution in [0.25, 0.3) is 5.78 Å². The third-order valence-electron chi connectivity index (χ3n) is 5.15. The highest BCUT2D eigenvalue weighted by atomic mass is 32.2. The number of sulfone groups is 1. The van der Waals surface area contributed by atoms with Crippen LogP contribution < -0.4 is 10.1 Å². The number of benzene rings is 2. The lowest BCUT2D eigenvalue weighted by Crippen LogP contribution is -2.23. The average Bonchev–Trinajstić information content (AvgIpc) is 3.31. The smallest absolute Gasteiger partial charge is 0.254 e. The summed E-state index contributed by atoms with van der Waals surface area (Å²) in [5.41, 5.74) is 1.08. The number of ether oxygens (including phenoxy) is 1. The minimum Gasteiger partial charge on any atom is -0.492 e. The Morgan fingerprint density at radius 3 is 2.71 bits per heavy atom. The molecule has 0 unspecified atom stereocenters. The van der Waals surface area contributed by atoms with Crippen molar-refractivity contribution in [2.24, 2.45) is 0 Å². The molecule has 1 amide bonds. The molecule has 0 aliphatic rings. The zero-order chi connectivity index (χ0) is 24.1. The number of nitrogens with zero attached hydrogens (tertiary/aromatic N) is 3. The Morgan fingerprint density at radius 2 is 1.94 bits per heavy atom. The first-order valence-corrected chi connectivity index (χ1v) is 12.2. The van der Waals surface area contributed by atoms with Crippen LogP contribution in [0.3, 0.4) is 0 Å². The molecule has 2 aromatic carbocycles. The van der Waals surface area contributed by atoms with Crippen LogP contribution in [0.2, 0.25) is 0 Å². The van der Waals surface area contributed by atoms with Crippen molar-refractivity contribution in [1.29, 1.82) is 0 Å². The Kier molecular flexibility index (Phi) is 6.87. The fourth-order valence-corrected chi connectivity index (χ4v) is 4.65. The zero-order valence-electron chi connectivity index (χ0n) is 18.4. The second-order valence-electron chi connectivity index (χ2n) is 7.60. The molecular formula is C24H23FN4O4S. The number of fused-ring (bicyclic) bond motifs is 1. The van der Waals surface area contributed by atoms with Gasteiger partial charge in [-0.25, -0.2) is 22.8 Å².